The summed E-state index contributed by atoms with van der Waals surface area (Å²) in [5.41, 5.74) is 1.14. The molecule has 0 bridgehead atoms. The number of rotatable bonds is 2. The summed E-state index contributed by atoms with van der Waals surface area (Å²) >= 11 is 0. The van der Waals surface area contributed by atoms with Crippen LogP contribution in [0.25, 0.3) is 10.9 Å². The third-order valence-corrected chi connectivity index (χ3v) is 2.70. The molecule has 2 rings (SSSR count). The molecule has 0 unspecified atom stereocenters. The first-order valence-corrected chi connectivity index (χ1v) is 5.37. The highest BCUT2D eigenvalue weighted by atomic mass is 16.4. The zero-order valence-corrected chi connectivity index (χ0v) is 9.64. The van der Waals surface area contributed by atoms with E-state index in [9.17, 15) is 9.90 Å². The van der Waals surface area contributed by atoms with Crippen molar-refractivity contribution in [3.8, 4) is 5.88 Å². The first-order valence-electron chi connectivity index (χ1n) is 5.37. The second kappa shape index (κ2) is 4.05. The number of benzene rings is 1. The number of aromatic carboxylic acids is 1. The Morgan fingerprint density at radius 3 is 2.53 bits per heavy atom. The molecule has 0 radical (unpaired) electrons. The van der Waals surface area contributed by atoms with Gasteiger partial charge in [0.15, 0.2) is 0 Å². The highest BCUT2D eigenvalue weighted by Crippen LogP contribution is 2.32. The van der Waals surface area contributed by atoms with Gasteiger partial charge >= 0.3 is 5.97 Å². The summed E-state index contributed by atoms with van der Waals surface area (Å²) in [5, 5.41) is 19.6. The lowest BCUT2D eigenvalue weighted by Crippen LogP contribution is -2.06. The molecule has 0 aliphatic carbocycles. The molecule has 2 N–H and O–H groups in total. The van der Waals surface area contributed by atoms with Crippen molar-refractivity contribution in [2.24, 2.45) is 0 Å². The van der Waals surface area contributed by atoms with Gasteiger partial charge in [0.25, 0.3) is 0 Å². The lowest BCUT2D eigenvalue weighted by molar-refractivity contribution is 0.0691. The van der Waals surface area contributed by atoms with Crippen LogP contribution in [-0.2, 0) is 0 Å². The minimum Gasteiger partial charge on any atom is -0.493 e. The van der Waals surface area contributed by atoms with E-state index in [-0.39, 0.29) is 11.5 Å². The van der Waals surface area contributed by atoms with Crippen LogP contribution in [-0.4, -0.2) is 21.2 Å². The van der Waals surface area contributed by atoms with Crippen molar-refractivity contribution < 1.29 is 15.0 Å². The number of carbonyl (C=O) groups is 1. The molecule has 0 atom stereocenters. The van der Waals surface area contributed by atoms with Gasteiger partial charge in [-0.25, -0.2) is 9.78 Å². The average Bonchev–Trinajstić information content (AvgIpc) is 2.26. The molecule has 0 saturated heterocycles. The summed E-state index contributed by atoms with van der Waals surface area (Å²) in [6, 6.07) is 7.22. The van der Waals surface area contributed by atoms with Gasteiger partial charge in [-0.2, -0.15) is 0 Å². The Bertz CT molecular complexity index is 590. The second-order valence-corrected chi connectivity index (χ2v) is 4.20. The van der Waals surface area contributed by atoms with Crippen LogP contribution in [0.3, 0.4) is 0 Å². The van der Waals surface area contributed by atoms with E-state index < -0.39 is 11.8 Å². The maximum atomic E-state index is 11.2. The summed E-state index contributed by atoms with van der Waals surface area (Å²) < 4.78 is 0. The number of hydrogen-bond acceptors (Lipinski definition) is 3. The molecule has 0 amide bonds. The highest BCUT2D eigenvalue weighted by molar-refractivity contribution is 5.98. The molecule has 1 heterocycles. The third-order valence-electron chi connectivity index (χ3n) is 2.70. The Balaban J connectivity index is 2.93. The first-order chi connectivity index (χ1) is 8.02. The number of nitrogens with zero attached hydrogens (tertiary/aromatic N) is 1. The van der Waals surface area contributed by atoms with Crippen LogP contribution < -0.4 is 0 Å². The summed E-state index contributed by atoms with van der Waals surface area (Å²) in [6.45, 7) is 3.79. The number of aromatic nitrogens is 1. The fourth-order valence-electron chi connectivity index (χ4n) is 2.03. The molecular weight excluding hydrogens is 218 g/mol. The van der Waals surface area contributed by atoms with Gasteiger partial charge in [0.05, 0.1) is 5.52 Å². The molecule has 0 spiro atoms. The van der Waals surface area contributed by atoms with E-state index in [0.717, 1.165) is 5.39 Å². The Labute approximate surface area is 98.5 Å². The van der Waals surface area contributed by atoms with Gasteiger partial charge in [0.2, 0.25) is 5.88 Å². The molecule has 1 aromatic carbocycles. The zero-order valence-electron chi connectivity index (χ0n) is 9.64. The van der Waals surface area contributed by atoms with Crippen LogP contribution in [0.2, 0.25) is 0 Å². The van der Waals surface area contributed by atoms with Gasteiger partial charge in [0, 0.05) is 5.39 Å². The lowest BCUT2D eigenvalue weighted by atomic mass is 9.93. The van der Waals surface area contributed by atoms with E-state index >= 15 is 0 Å². The maximum absolute atomic E-state index is 11.2. The molecule has 17 heavy (non-hydrogen) atoms. The molecule has 0 aliphatic heterocycles. The first kappa shape index (κ1) is 11.4. The number of aromatic hydroxyl groups is 1. The summed E-state index contributed by atoms with van der Waals surface area (Å²) in [5.74, 6) is -1.57. The normalized spacial score (nSPS) is 11.0. The Morgan fingerprint density at radius 2 is 1.94 bits per heavy atom. The molecule has 4 heteroatoms. The van der Waals surface area contributed by atoms with E-state index in [4.69, 9.17) is 5.11 Å². The quantitative estimate of drug-likeness (QED) is 0.833. The topological polar surface area (TPSA) is 70.4 Å². The van der Waals surface area contributed by atoms with Crippen LogP contribution >= 0.6 is 0 Å². The standard InChI is InChI=1S/C13H13NO3/c1-7(2)10-8-5-3-4-6-9(8)14-12(15)11(10)13(16)17/h3-7H,1-2H3,(H,14,15)(H,16,17). The van der Waals surface area contributed by atoms with Crippen molar-refractivity contribution in [1.82, 2.24) is 4.98 Å². The highest BCUT2D eigenvalue weighted by Gasteiger charge is 2.21. The van der Waals surface area contributed by atoms with Crippen LogP contribution in [0, 0.1) is 0 Å². The molecular formula is C13H13NO3. The van der Waals surface area contributed by atoms with Gasteiger partial charge in [-0.1, -0.05) is 32.0 Å². The Hall–Kier alpha value is -2.10. The van der Waals surface area contributed by atoms with Gasteiger partial charge in [-0.05, 0) is 17.5 Å². The van der Waals surface area contributed by atoms with E-state index in [1.807, 2.05) is 26.0 Å². The van der Waals surface area contributed by atoms with E-state index in [0.29, 0.717) is 11.1 Å². The number of carboxylic acids is 1. The van der Waals surface area contributed by atoms with Gasteiger partial charge < -0.3 is 10.2 Å². The van der Waals surface area contributed by atoms with Crippen LogP contribution in [0.4, 0.5) is 0 Å². The van der Waals surface area contributed by atoms with Crippen LogP contribution in [0.15, 0.2) is 24.3 Å². The number of fused-ring (bicyclic) bond motifs is 1. The van der Waals surface area contributed by atoms with Gasteiger partial charge in [-0.3, -0.25) is 0 Å². The fraction of sp³-hybridized carbons (Fsp3) is 0.231. The van der Waals surface area contributed by atoms with Crippen molar-refractivity contribution in [2.45, 2.75) is 19.8 Å². The van der Waals surface area contributed by atoms with E-state index in [1.165, 1.54) is 0 Å². The molecule has 0 saturated carbocycles. The van der Waals surface area contributed by atoms with Crippen molar-refractivity contribution in [3.63, 3.8) is 0 Å². The molecule has 88 valence electrons. The van der Waals surface area contributed by atoms with Crippen molar-refractivity contribution in [3.05, 3.63) is 35.4 Å². The van der Waals surface area contributed by atoms with Gasteiger partial charge in [-0.15, -0.1) is 0 Å². The van der Waals surface area contributed by atoms with Crippen molar-refractivity contribution in [1.29, 1.82) is 0 Å². The predicted molar refractivity (Wildman–Crippen MR) is 64.5 cm³/mol. The molecule has 2 aromatic rings. The second-order valence-electron chi connectivity index (χ2n) is 4.20. The van der Waals surface area contributed by atoms with Crippen molar-refractivity contribution >= 4 is 16.9 Å². The average molecular weight is 231 g/mol. The monoisotopic (exact) mass is 231 g/mol. The number of pyridine rings is 1. The lowest BCUT2D eigenvalue weighted by Gasteiger charge is -2.14. The minimum atomic E-state index is -1.15. The largest absolute Gasteiger partial charge is 0.493 e. The van der Waals surface area contributed by atoms with Crippen molar-refractivity contribution in [2.75, 3.05) is 0 Å². The number of para-hydroxylation sites is 1. The third kappa shape index (κ3) is 1.82. The smallest absolute Gasteiger partial charge is 0.341 e. The maximum Gasteiger partial charge on any atom is 0.341 e. The van der Waals surface area contributed by atoms with E-state index in [2.05, 4.69) is 4.98 Å². The molecule has 4 nitrogen and oxygen atoms in total. The van der Waals surface area contributed by atoms with Crippen LogP contribution in [0.5, 0.6) is 5.88 Å². The van der Waals surface area contributed by atoms with Crippen LogP contribution in [0.1, 0.15) is 35.7 Å². The number of carboxylic acid groups (broad SMARTS) is 1. The summed E-state index contributed by atoms with van der Waals surface area (Å²) in [6.07, 6.45) is 0. The number of hydrogen-bond donors (Lipinski definition) is 2. The zero-order chi connectivity index (χ0) is 12.6. The molecule has 0 aliphatic rings. The van der Waals surface area contributed by atoms with Gasteiger partial charge in [0.1, 0.15) is 5.56 Å². The summed E-state index contributed by atoms with van der Waals surface area (Å²) in [7, 11) is 0. The minimum absolute atomic E-state index is 0.0000926. The summed E-state index contributed by atoms with van der Waals surface area (Å²) in [4.78, 5) is 15.1. The predicted octanol–water partition coefficient (Wildman–Crippen LogP) is 2.76. The SMILES string of the molecule is CC(C)c1c(C(=O)O)c(O)nc2ccccc12. The Kier molecular flexibility index (Phi) is 2.71. The Morgan fingerprint density at radius 1 is 1.29 bits per heavy atom. The fourth-order valence-corrected chi connectivity index (χ4v) is 2.03. The van der Waals surface area contributed by atoms with E-state index in [1.54, 1.807) is 12.1 Å². The molecule has 0 fully saturated rings. The molecule has 1 aromatic heterocycles.